The lowest BCUT2D eigenvalue weighted by atomic mass is 9.92. The van der Waals surface area contributed by atoms with Crippen molar-refractivity contribution in [2.75, 3.05) is 0 Å². The number of aliphatic imine (C=N–C) groups is 1. The van der Waals surface area contributed by atoms with Gasteiger partial charge in [-0.05, 0) is 41.9 Å². The molecule has 3 aromatic rings. The van der Waals surface area contributed by atoms with Crippen molar-refractivity contribution in [1.29, 1.82) is 0 Å². The number of nitrogens with zero attached hydrogens (tertiary/aromatic N) is 1. The summed E-state index contributed by atoms with van der Waals surface area (Å²) in [7, 11) is 0. The largest absolute Gasteiger partial charge is 0.456 e. The summed E-state index contributed by atoms with van der Waals surface area (Å²) >= 11 is 0. The molecular weight excluding hydrogens is 402 g/mol. The van der Waals surface area contributed by atoms with Crippen LogP contribution >= 0.6 is 0 Å². The first kappa shape index (κ1) is 20.7. The number of fused-ring (bicyclic) bond motifs is 1. The van der Waals surface area contributed by atoms with Crippen molar-refractivity contribution in [1.82, 2.24) is 0 Å². The third-order valence-electron chi connectivity index (χ3n) is 5.79. The maximum Gasteiger partial charge on any atom is 0.138 e. The second kappa shape index (κ2) is 9.54. The van der Waals surface area contributed by atoms with E-state index in [0.717, 1.165) is 39.5 Å². The van der Waals surface area contributed by atoms with Gasteiger partial charge in [-0.2, -0.15) is 0 Å². The Hall–Kier alpha value is -4.17. The summed E-state index contributed by atoms with van der Waals surface area (Å²) in [6.45, 7) is 2.82. The van der Waals surface area contributed by atoms with Gasteiger partial charge in [0.05, 0.1) is 12.3 Å². The van der Waals surface area contributed by atoms with Crippen molar-refractivity contribution < 1.29 is 4.74 Å². The topological polar surface area (TPSA) is 21.6 Å². The van der Waals surface area contributed by atoms with Crippen LogP contribution in [0.3, 0.4) is 0 Å². The van der Waals surface area contributed by atoms with Crippen molar-refractivity contribution in [2.24, 2.45) is 4.99 Å². The summed E-state index contributed by atoms with van der Waals surface area (Å²) in [5, 5.41) is 0. The molecule has 0 saturated heterocycles. The Morgan fingerprint density at radius 1 is 0.727 bits per heavy atom. The molecule has 5 rings (SSSR count). The van der Waals surface area contributed by atoms with Gasteiger partial charge in [0.2, 0.25) is 0 Å². The molecule has 0 radical (unpaired) electrons. The van der Waals surface area contributed by atoms with Gasteiger partial charge in [0, 0.05) is 16.7 Å². The normalized spacial score (nSPS) is 16.0. The molecule has 2 aliphatic rings. The Labute approximate surface area is 195 Å². The zero-order valence-corrected chi connectivity index (χ0v) is 18.6. The van der Waals surface area contributed by atoms with E-state index in [1.807, 2.05) is 48.5 Å². The molecular formula is C31H25NO. The molecule has 2 heteroatoms. The van der Waals surface area contributed by atoms with E-state index in [4.69, 9.17) is 9.73 Å². The highest BCUT2D eigenvalue weighted by atomic mass is 16.5. The number of benzene rings is 3. The van der Waals surface area contributed by atoms with Crippen LogP contribution in [-0.4, -0.2) is 5.71 Å². The van der Waals surface area contributed by atoms with E-state index in [2.05, 4.69) is 79.8 Å². The van der Waals surface area contributed by atoms with Crippen molar-refractivity contribution in [3.8, 4) is 5.75 Å². The molecule has 2 nitrogen and oxygen atoms in total. The van der Waals surface area contributed by atoms with Crippen LogP contribution in [-0.2, 0) is 6.54 Å². The summed E-state index contributed by atoms with van der Waals surface area (Å²) in [6, 6.07) is 28.8. The van der Waals surface area contributed by atoms with Crippen molar-refractivity contribution in [3.05, 3.63) is 149 Å². The molecule has 0 saturated carbocycles. The van der Waals surface area contributed by atoms with Gasteiger partial charge in [-0.3, -0.25) is 4.99 Å². The fourth-order valence-corrected chi connectivity index (χ4v) is 4.01. The standard InChI is InChI=1S/C31H25NO/c1-23-28(29-14-8-9-15-30(29)33-31(23)26-12-6-3-7-13-26)21-18-24-16-19-27(20-17-24)32-22-25-10-4-2-5-11-25/h2-21H,22H2,1H3/b24-18?,28-21-,32-27?. The highest BCUT2D eigenvalue weighted by molar-refractivity contribution is 6.06. The van der Waals surface area contributed by atoms with Crippen LogP contribution in [0.1, 0.15) is 23.6 Å². The Kier molecular flexibility index (Phi) is 5.99. The minimum absolute atomic E-state index is 0.691. The third kappa shape index (κ3) is 4.70. The second-order valence-corrected chi connectivity index (χ2v) is 8.06. The Balaban J connectivity index is 1.42. The van der Waals surface area contributed by atoms with E-state index < -0.39 is 0 Å². The first-order chi connectivity index (χ1) is 16.3. The highest BCUT2D eigenvalue weighted by Crippen LogP contribution is 2.41. The molecule has 33 heavy (non-hydrogen) atoms. The summed E-state index contributed by atoms with van der Waals surface area (Å²) in [5.41, 5.74) is 7.84. The first-order valence-electron chi connectivity index (χ1n) is 11.2. The van der Waals surface area contributed by atoms with E-state index in [1.54, 1.807) is 0 Å². The second-order valence-electron chi connectivity index (χ2n) is 8.06. The molecule has 1 aliphatic carbocycles. The van der Waals surface area contributed by atoms with Crippen LogP contribution < -0.4 is 4.74 Å². The number of hydrogen-bond acceptors (Lipinski definition) is 2. The predicted octanol–water partition coefficient (Wildman–Crippen LogP) is 7.59. The Morgan fingerprint density at radius 3 is 2.15 bits per heavy atom. The number of hydrogen-bond donors (Lipinski definition) is 0. The van der Waals surface area contributed by atoms with Gasteiger partial charge in [-0.15, -0.1) is 0 Å². The number of allylic oxidation sites excluding steroid dienone is 9. The number of ether oxygens (including phenoxy) is 1. The van der Waals surface area contributed by atoms with E-state index in [0.29, 0.717) is 6.54 Å². The van der Waals surface area contributed by atoms with Crippen LogP contribution in [0.5, 0.6) is 5.75 Å². The van der Waals surface area contributed by atoms with Crippen LogP contribution in [0.4, 0.5) is 0 Å². The third-order valence-corrected chi connectivity index (χ3v) is 5.79. The Bertz CT molecular complexity index is 1320. The molecule has 1 aliphatic heterocycles. The van der Waals surface area contributed by atoms with Crippen molar-refractivity contribution in [3.63, 3.8) is 0 Å². The van der Waals surface area contributed by atoms with Crippen LogP contribution in [0.25, 0.3) is 11.3 Å². The lowest BCUT2D eigenvalue weighted by Crippen LogP contribution is -2.07. The molecule has 3 aromatic carbocycles. The zero-order chi connectivity index (χ0) is 22.5. The summed E-state index contributed by atoms with van der Waals surface area (Å²) in [6.07, 6.45) is 12.7. The summed E-state index contributed by atoms with van der Waals surface area (Å²) in [4.78, 5) is 4.70. The molecule has 160 valence electrons. The molecule has 0 amide bonds. The molecule has 1 heterocycles. The lowest BCUT2D eigenvalue weighted by molar-refractivity contribution is 0.505. The van der Waals surface area contributed by atoms with Crippen LogP contribution in [0.2, 0.25) is 0 Å². The molecule has 0 fully saturated rings. The van der Waals surface area contributed by atoms with Gasteiger partial charge in [-0.1, -0.05) is 103 Å². The van der Waals surface area contributed by atoms with Crippen LogP contribution in [0.15, 0.2) is 138 Å². The first-order valence-corrected chi connectivity index (χ1v) is 11.2. The molecule has 0 aromatic heterocycles. The van der Waals surface area contributed by atoms with Gasteiger partial charge in [0.1, 0.15) is 11.5 Å². The molecule has 0 atom stereocenters. The maximum absolute atomic E-state index is 6.30. The zero-order valence-electron chi connectivity index (χ0n) is 18.6. The smallest absolute Gasteiger partial charge is 0.138 e. The average molecular weight is 428 g/mol. The van der Waals surface area contributed by atoms with Gasteiger partial charge in [0.25, 0.3) is 0 Å². The maximum atomic E-state index is 6.30. The average Bonchev–Trinajstić information content (AvgIpc) is 2.88. The van der Waals surface area contributed by atoms with E-state index in [-0.39, 0.29) is 0 Å². The minimum Gasteiger partial charge on any atom is -0.456 e. The van der Waals surface area contributed by atoms with Crippen LogP contribution in [0, 0.1) is 0 Å². The predicted molar refractivity (Wildman–Crippen MR) is 138 cm³/mol. The minimum atomic E-state index is 0.691. The fourth-order valence-electron chi connectivity index (χ4n) is 4.01. The molecule has 0 N–H and O–H groups in total. The molecule has 0 bridgehead atoms. The van der Waals surface area contributed by atoms with E-state index in [9.17, 15) is 0 Å². The van der Waals surface area contributed by atoms with Gasteiger partial charge in [-0.25, -0.2) is 0 Å². The highest BCUT2D eigenvalue weighted by Gasteiger charge is 2.22. The van der Waals surface area contributed by atoms with E-state index in [1.165, 1.54) is 11.1 Å². The SMILES string of the molecule is CC1=C(c2ccccc2)Oc2ccccc2/C1=C\C=C1C=CC(=NCc2ccccc2)C=C1. The van der Waals surface area contributed by atoms with Crippen molar-refractivity contribution in [2.45, 2.75) is 13.5 Å². The van der Waals surface area contributed by atoms with Gasteiger partial charge < -0.3 is 4.74 Å². The molecule has 0 spiro atoms. The lowest BCUT2D eigenvalue weighted by Gasteiger charge is -2.24. The molecule has 0 unspecified atom stereocenters. The summed E-state index contributed by atoms with van der Waals surface area (Å²) < 4.78 is 6.30. The monoisotopic (exact) mass is 427 g/mol. The Morgan fingerprint density at radius 2 is 1.39 bits per heavy atom. The van der Waals surface area contributed by atoms with Gasteiger partial charge in [0.15, 0.2) is 0 Å². The van der Waals surface area contributed by atoms with Crippen molar-refractivity contribution >= 4 is 17.0 Å². The fraction of sp³-hybridized carbons (Fsp3) is 0.0645. The number of rotatable bonds is 4. The summed E-state index contributed by atoms with van der Waals surface area (Å²) in [5.74, 6) is 1.79. The van der Waals surface area contributed by atoms with Gasteiger partial charge >= 0.3 is 0 Å². The van der Waals surface area contributed by atoms with E-state index >= 15 is 0 Å². The quantitative estimate of drug-likeness (QED) is 0.420. The number of para-hydroxylation sites is 1.